The van der Waals surface area contributed by atoms with E-state index in [2.05, 4.69) is 0 Å². The largest absolute Gasteiger partial charge is 0.498 e. The lowest BCUT2D eigenvalue weighted by molar-refractivity contribution is -0.161. The van der Waals surface area contributed by atoms with Crippen LogP contribution in [0.15, 0.2) is 0 Å². The van der Waals surface area contributed by atoms with Crippen molar-refractivity contribution in [2.75, 3.05) is 0 Å². The first-order chi connectivity index (χ1) is 12.8. The molecule has 0 amide bonds. The molecule has 1 rings (SSSR count). The van der Waals surface area contributed by atoms with Gasteiger partial charge in [-0.3, -0.25) is 4.79 Å². The maximum absolute atomic E-state index is 12.9. The van der Waals surface area contributed by atoms with Crippen LogP contribution in [0, 0.1) is 11.3 Å². The van der Waals surface area contributed by atoms with Crippen LogP contribution in [0.4, 0.5) is 26.3 Å². The summed E-state index contributed by atoms with van der Waals surface area (Å²) in [4.78, 5) is 12.0. The number of sulfone groups is 2. The monoisotopic (exact) mass is 476 g/mol. The van der Waals surface area contributed by atoms with Gasteiger partial charge in [0.2, 0.25) is 0 Å². The second-order valence-electron chi connectivity index (χ2n) is 7.53. The van der Waals surface area contributed by atoms with E-state index in [1.807, 2.05) is 0 Å². The Hall–Kier alpha value is -1.05. The molecule has 0 spiro atoms. The average molecular weight is 476 g/mol. The van der Waals surface area contributed by atoms with Crippen LogP contribution in [0.5, 0.6) is 0 Å². The van der Waals surface area contributed by atoms with Gasteiger partial charge in [0.15, 0.2) is 4.58 Å². The molecule has 0 aromatic heterocycles. The molecule has 0 aromatic rings. The summed E-state index contributed by atoms with van der Waals surface area (Å²) in [5.41, 5.74) is -13.2. The fourth-order valence-corrected chi connectivity index (χ4v) is 6.94. The van der Waals surface area contributed by atoms with Gasteiger partial charge in [0, 0.05) is 0 Å². The van der Waals surface area contributed by atoms with Crippen LogP contribution in [0.25, 0.3) is 0 Å². The van der Waals surface area contributed by atoms with Crippen molar-refractivity contribution in [3.8, 4) is 0 Å². The molecule has 0 bridgehead atoms. The molecule has 0 saturated heterocycles. The molecule has 14 heteroatoms. The smallest absolute Gasteiger partial charge is 0.462 e. The highest BCUT2D eigenvalue weighted by atomic mass is 32.3. The van der Waals surface area contributed by atoms with Gasteiger partial charge in [-0.2, -0.15) is 26.3 Å². The van der Waals surface area contributed by atoms with Crippen molar-refractivity contribution in [1.29, 1.82) is 0 Å². The van der Waals surface area contributed by atoms with Gasteiger partial charge in [0.25, 0.3) is 19.7 Å². The zero-order valence-corrected chi connectivity index (χ0v) is 17.4. The van der Waals surface area contributed by atoms with Crippen molar-refractivity contribution in [2.24, 2.45) is 11.3 Å². The van der Waals surface area contributed by atoms with E-state index in [1.165, 1.54) is 0 Å². The number of alkyl halides is 6. The highest BCUT2D eigenvalue weighted by Crippen LogP contribution is 2.44. The van der Waals surface area contributed by atoms with E-state index in [0.29, 0.717) is 6.42 Å². The van der Waals surface area contributed by atoms with Crippen molar-refractivity contribution in [3.05, 3.63) is 0 Å². The van der Waals surface area contributed by atoms with E-state index in [9.17, 15) is 48.0 Å². The molecule has 0 atom stereocenters. The molecule has 0 heterocycles. The minimum atomic E-state index is -6.66. The minimum Gasteiger partial charge on any atom is -0.462 e. The predicted molar refractivity (Wildman–Crippen MR) is 89.6 cm³/mol. The molecule has 6 nitrogen and oxygen atoms in total. The van der Waals surface area contributed by atoms with Gasteiger partial charge in [-0.05, 0) is 51.9 Å². The summed E-state index contributed by atoms with van der Waals surface area (Å²) >= 11 is 0. The number of carbonyl (C=O) groups excluding carboxylic acids is 1. The first-order valence-electron chi connectivity index (χ1n) is 8.60. The van der Waals surface area contributed by atoms with Crippen LogP contribution >= 0.6 is 0 Å². The van der Waals surface area contributed by atoms with Gasteiger partial charge in [-0.15, -0.1) is 0 Å². The third kappa shape index (κ3) is 5.36. The van der Waals surface area contributed by atoms with Crippen LogP contribution in [0.3, 0.4) is 0 Å². The van der Waals surface area contributed by atoms with Crippen LogP contribution < -0.4 is 0 Å². The lowest BCUT2D eigenvalue weighted by Gasteiger charge is -2.34. The Kier molecular flexibility index (Phi) is 7.38. The van der Waals surface area contributed by atoms with Crippen molar-refractivity contribution in [3.63, 3.8) is 0 Å². The topological polar surface area (TPSA) is 94.6 Å². The van der Waals surface area contributed by atoms with Crippen LogP contribution in [0.2, 0.25) is 0 Å². The second-order valence-corrected chi connectivity index (χ2v) is 11.9. The number of rotatable bonds is 6. The number of ether oxygens (including phenoxy) is 1. The number of hydrogen-bond acceptors (Lipinski definition) is 6. The summed E-state index contributed by atoms with van der Waals surface area (Å²) in [7, 11) is -13.3. The Morgan fingerprint density at radius 1 is 0.897 bits per heavy atom. The number of halogens is 6. The maximum Gasteiger partial charge on any atom is 0.498 e. The van der Waals surface area contributed by atoms with E-state index < -0.39 is 71.5 Å². The lowest BCUT2D eigenvalue weighted by Crippen LogP contribution is -2.50. The summed E-state index contributed by atoms with van der Waals surface area (Å²) < 4.78 is 126. The lowest BCUT2D eigenvalue weighted by atomic mass is 9.87. The van der Waals surface area contributed by atoms with Crippen molar-refractivity contribution < 1.29 is 52.7 Å². The van der Waals surface area contributed by atoms with Gasteiger partial charge < -0.3 is 4.74 Å². The van der Waals surface area contributed by atoms with Crippen molar-refractivity contribution in [2.45, 2.75) is 74.6 Å². The summed E-state index contributed by atoms with van der Waals surface area (Å²) in [6.07, 6.45) is -2.15. The number of carbonyl (C=O) groups is 1. The van der Waals surface area contributed by atoms with Gasteiger partial charge in [0.05, 0.1) is 5.41 Å². The van der Waals surface area contributed by atoms with Crippen molar-refractivity contribution in [1.82, 2.24) is 0 Å². The standard InChI is InChI=1S/C15H22F6O6S2/c1-4-13(2,3)12(22)27-10-7-5-9(6-8-10)11(28(23,24)14(16,17)18)29(25,26)15(19,20)21/h9-11H,4-8H2,1-3H3. The Morgan fingerprint density at radius 2 is 1.28 bits per heavy atom. The molecule has 29 heavy (non-hydrogen) atoms. The summed E-state index contributed by atoms with van der Waals surface area (Å²) in [6, 6.07) is 0. The molecule has 172 valence electrons. The first-order valence-corrected chi connectivity index (χ1v) is 11.7. The molecule has 0 unspecified atom stereocenters. The summed E-state index contributed by atoms with van der Waals surface area (Å²) in [5, 5.41) is 0. The molecule has 1 aliphatic carbocycles. The predicted octanol–water partition coefficient (Wildman–Crippen LogP) is 3.72. The highest BCUT2D eigenvalue weighted by molar-refractivity contribution is 8.09. The quantitative estimate of drug-likeness (QED) is 0.429. The fraction of sp³-hybridized carbons (Fsp3) is 0.933. The van der Waals surface area contributed by atoms with E-state index in [4.69, 9.17) is 4.74 Å². The van der Waals surface area contributed by atoms with E-state index in [-0.39, 0.29) is 12.8 Å². The van der Waals surface area contributed by atoms with Gasteiger partial charge in [-0.1, -0.05) is 6.92 Å². The molecular formula is C15H22F6O6S2. The molecule has 1 fully saturated rings. The average Bonchev–Trinajstić information content (AvgIpc) is 2.54. The minimum absolute atomic E-state index is 0.256. The summed E-state index contributed by atoms with van der Waals surface area (Å²) in [6.45, 7) is 4.89. The van der Waals surface area contributed by atoms with Gasteiger partial charge in [-0.25, -0.2) is 16.8 Å². The Bertz CT molecular complexity index is 761. The molecule has 1 aliphatic rings. The third-order valence-electron chi connectivity index (χ3n) is 5.07. The van der Waals surface area contributed by atoms with E-state index >= 15 is 0 Å². The molecule has 1 saturated carbocycles. The number of esters is 1. The van der Waals surface area contributed by atoms with E-state index in [1.54, 1.807) is 20.8 Å². The SMILES string of the molecule is CCC(C)(C)C(=O)OC1CCC(C(S(=O)(=O)C(F)(F)F)S(=O)(=O)C(F)(F)F)CC1. The Labute approximate surface area is 164 Å². The molecule has 0 aromatic carbocycles. The van der Waals surface area contributed by atoms with E-state index in [0.717, 1.165) is 0 Å². The summed E-state index contributed by atoms with van der Waals surface area (Å²) in [5.74, 6) is -2.56. The molecular weight excluding hydrogens is 454 g/mol. The van der Waals surface area contributed by atoms with Crippen LogP contribution in [-0.4, -0.2) is 44.5 Å². The first kappa shape index (κ1) is 26.0. The highest BCUT2D eigenvalue weighted by Gasteiger charge is 2.65. The zero-order valence-electron chi connectivity index (χ0n) is 15.8. The Balaban J connectivity index is 3.14. The third-order valence-corrected chi connectivity index (χ3v) is 9.87. The Morgan fingerprint density at radius 3 is 1.59 bits per heavy atom. The fourth-order valence-electron chi connectivity index (χ4n) is 2.87. The zero-order chi connectivity index (χ0) is 23.1. The molecule has 0 aliphatic heterocycles. The number of hydrogen-bond donors (Lipinski definition) is 0. The second kappa shape index (κ2) is 8.23. The normalized spacial score (nSPS) is 22.6. The maximum atomic E-state index is 12.9. The van der Waals surface area contributed by atoms with Crippen LogP contribution in [0.1, 0.15) is 52.9 Å². The van der Waals surface area contributed by atoms with Crippen LogP contribution in [-0.2, 0) is 29.2 Å². The molecule has 0 N–H and O–H groups in total. The molecule has 0 radical (unpaired) electrons. The van der Waals surface area contributed by atoms with Gasteiger partial charge in [0.1, 0.15) is 6.10 Å². The van der Waals surface area contributed by atoms with Gasteiger partial charge >= 0.3 is 17.0 Å². The van der Waals surface area contributed by atoms with Crippen molar-refractivity contribution >= 4 is 25.6 Å².